The Morgan fingerprint density at radius 1 is 1.08 bits per heavy atom. The fourth-order valence-corrected chi connectivity index (χ4v) is 6.35. The minimum absolute atomic E-state index is 0.0230. The Balaban J connectivity index is 1.63. The minimum atomic E-state index is -4.62. The van der Waals surface area contributed by atoms with Gasteiger partial charge in [-0.25, -0.2) is 32.0 Å². The Hall–Kier alpha value is -4.95. The molecular formula is C32H34F2N6O9S2-2. The molecule has 19 heteroatoms. The van der Waals surface area contributed by atoms with Crippen LogP contribution < -0.4 is 20.0 Å². The summed E-state index contributed by atoms with van der Waals surface area (Å²) < 4.78 is 85.1. The predicted molar refractivity (Wildman–Crippen MR) is 184 cm³/mol. The molecule has 0 aliphatic heterocycles. The molecule has 1 heterocycles. The van der Waals surface area contributed by atoms with Crippen molar-refractivity contribution in [2.24, 2.45) is 4.36 Å². The van der Waals surface area contributed by atoms with Crippen LogP contribution in [0, 0.1) is 16.8 Å². The van der Waals surface area contributed by atoms with Gasteiger partial charge in [-0.2, -0.15) is 10.6 Å². The van der Waals surface area contributed by atoms with E-state index in [-0.39, 0.29) is 36.2 Å². The van der Waals surface area contributed by atoms with Crippen LogP contribution in [0.15, 0.2) is 76.1 Å². The maximum Gasteiger partial charge on any atom is 0.410 e. The van der Waals surface area contributed by atoms with Crippen LogP contribution in [0.2, 0.25) is 0 Å². The van der Waals surface area contributed by atoms with Crippen molar-refractivity contribution in [3.8, 4) is 17.0 Å². The lowest BCUT2D eigenvalue weighted by Crippen LogP contribution is -2.21. The van der Waals surface area contributed by atoms with E-state index in [1.165, 1.54) is 12.1 Å². The number of hydrogen-bond acceptors (Lipinski definition) is 14. The molecule has 0 unspecified atom stereocenters. The largest absolute Gasteiger partial charge is 0.733 e. The highest BCUT2D eigenvalue weighted by atomic mass is 32.2. The number of anilines is 4. The van der Waals surface area contributed by atoms with Crippen LogP contribution >= 0.6 is 0 Å². The van der Waals surface area contributed by atoms with Gasteiger partial charge < -0.3 is 34.5 Å². The summed E-state index contributed by atoms with van der Waals surface area (Å²) >= 11 is 0. The molecule has 4 N–H and O–H groups in total. The summed E-state index contributed by atoms with van der Waals surface area (Å²) in [6.07, 6.45) is 0.873. The van der Waals surface area contributed by atoms with Crippen LogP contribution in [-0.2, 0) is 35.3 Å². The van der Waals surface area contributed by atoms with Crippen molar-refractivity contribution in [2.45, 2.75) is 49.9 Å². The maximum absolute atomic E-state index is 15.1. The van der Waals surface area contributed by atoms with E-state index in [0.717, 1.165) is 36.5 Å². The van der Waals surface area contributed by atoms with Gasteiger partial charge in [-0.05, 0) is 76.1 Å². The number of hydrogen-bond donors (Lipinski definition) is 4. The Labute approximate surface area is 294 Å². The van der Waals surface area contributed by atoms with E-state index in [9.17, 15) is 32.2 Å². The molecule has 4 aromatic rings. The lowest BCUT2D eigenvalue weighted by atomic mass is 10.1. The Morgan fingerprint density at radius 2 is 1.82 bits per heavy atom. The summed E-state index contributed by atoms with van der Waals surface area (Å²) in [6, 6.07) is 12.4. The first kappa shape index (κ1) is 38.8. The van der Waals surface area contributed by atoms with Crippen LogP contribution in [0.25, 0.3) is 11.3 Å². The van der Waals surface area contributed by atoms with E-state index in [1.807, 2.05) is 4.72 Å². The van der Waals surface area contributed by atoms with E-state index >= 15 is 4.39 Å². The average Bonchev–Trinajstić information content (AvgIpc) is 3.04. The molecule has 51 heavy (non-hydrogen) atoms. The molecule has 0 aliphatic carbocycles. The topological polar surface area (TPSA) is 216 Å². The number of aromatic nitrogens is 2. The molecule has 0 saturated carbocycles. The highest BCUT2D eigenvalue weighted by molar-refractivity contribution is 7.92. The number of para-hydroxylation sites is 1. The smallest absolute Gasteiger partial charge is 0.410 e. The first-order valence-corrected chi connectivity index (χ1v) is 17.9. The fourth-order valence-electron chi connectivity index (χ4n) is 4.39. The molecule has 0 aliphatic rings. The van der Waals surface area contributed by atoms with E-state index in [1.54, 1.807) is 39.0 Å². The first-order valence-electron chi connectivity index (χ1n) is 15.1. The number of carbonyl (C=O) groups excluding carboxylic acids is 1. The van der Waals surface area contributed by atoms with Crippen molar-refractivity contribution in [2.75, 3.05) is 28.5 Å². The third kappa shape index (κ3) is 11.3. The van der Waals surface area contributed by atoms with Gasteiger partial charge in [0.1, 0.15) is 27.8 Å². The number of ether oxygens (including phenoxy) is 2. The van der Waals surface area contributed by atoms with E-state index in [2.05, 4.69) is 19.6 Å². The van der Waals surface area contributed by atoms with Gasteiger partial charge in [-0.3, -0.25) is 14.3 Å². The zero-order valence-corrected chi connectivity index (χ0v) is 29.1. The van der Waals surface area contributed by atoms with Crippen molar-refractivity contribution in [1.82, 2.24) is 9.97 Å². The Kier molecular flexibility index (Phi) is 12.8. The molecule has 4 rings (SSSR count). The molecule has 1 aromatic heterocycles. The van der Waals surface area contributed by atoms with Crippen LogP contribution in [0.5, 0.6) is 5.75 Å². The summed E-state index contributed by atoms with van der Waals surface area (Å²) in [5, 5.41) is 32.2. The zero-order chi connectivity index (χ0) is 37.3. The number of rotatable bonds is 14. The molecule has 3 aromatic carbocycles. The number of nitrogens with one attached hydrogen (secondary N) is 2. The third-order valence-electron chi connectivity index (χ3n) is 6.49. The van der Waals surface area contributed by atoms with Gasteiger partial charge in [0.05, 0.1) is 24.2 Å². The quantitative estimate of drug-likeness (QED) is 0.0625. The van der Waals surface area contributed by atoms with E-state index in [4.69, 9.17) is 14.6 Å². The lowest BCUT2D eigenvalue weighted by Gasteiger charge is -2.24. The van der Waals surface area contributed by atoms with Gasteiger partial charge in [0.15, 0.2) is 5.82 Å². The number of sulfonamides is 1. The first-order chi connectivity index (χ1) is 24.0. The van der Waals surface area contributed by atoms with Gasteiger partial charge >= 0.3 is 6.09 Å². The van der Waals surface area contributed by atoms with Crippen LogP contribution in [-0.4, -0.2) is 53.6 Å². The maximum atomic E-state index is 15.1. The van der Waals surface area contributed by atoms with Crippen molar-refractivity contribution in [3.63, 3.8) is 0 Å². The number of benzene rings is 3. The van der Waals surface area contributed by atoms with Crippen LogP contribution in [0.3, 0.4) is 0 Å². The number of aliphatic hydroxyl groups excluding tert-OH is 1. The Bertz CT molecular complexity index is 2070. The molecule has 0 fully saturated rings. The second-order valence-corrected chi connectivity index (χ2v) is 14.5. The van der Waals surface area contributed by atoms with Crippen molar-refractivity contribution in [3.05, 3.63) is 89.3 Å². The molecule has 274 valence electrons. The summed E-state index contributed by atoms with van der Waals surface area (Å²) in [5.74, 6) is -2.00. The number of amides is 1. The molecule has 0 saturated heterocycles. The van der Waals surface area contributed by atoms with Crippen molar-refractivity contribution in [1.29, 1.82) is 0 Å². The van der Waals surface area contributed by atoms with E-state index in [0.29, 0.717) is 29.8 Å². The van der Waals surface area contributed by atoms with Crippen LogP contribution in [0.1, 0.15) is 39.2 Å². The molecule has 1 amide bonds. The van der Waals surface area contributed by atoms with Crippen molar-refractivity contribution < 1.29 is 46.0 Å². The van der Waals surface area contributed by atoms with Gasteiger partial charge in [0.2, 0.25) is 5.95 Å². The summed E-state index contributed by atoms with van der Waals surface area (Å²) in [4.78, 5) is 19.6. The molecule has 0 atom stereocenters. The summed E-state index contributed by atoms with van der Waals surface area (Å²) in [7, 11) is -6.64. The number of nitrogens with zero attached hydrogens (tertiary/aromatic N) is 4. The number of aliphatic hydroxyl groups is 1. The van der Waals surface area contributed by atoms with Crippen molar-refractivity contribution >= 4 is 49.7 Å². The minimum Gasteiger partial charge on any atom is -0.733 e. The Morgan fingerprint density at radius 3 is 2.53 bits per heavy atom. The van der Waals surface area contributed by atoms with Crippen LogP contribution in [0.4, 0.5) is 36.6 Å². The molecule has 0 bridgehead atoms. The standard InChI is InChI=1S/C32H34F2N6O9S2/c1-32(2,3)49-31(42)38-50(45)19-20-14-22(17-23(15-20)48-13-7-6-12-41)36-30-35-18-25(34)29(37-30)21-10-11-24(33)26(16-21)39-51(46,47)28-9-5-4-8-27(28)40(43)44/h4-5,8-11,14-18,39,41,43H,6-7,12-13,19H2,1-3H3,(H,35,36,37)/q-2. The SMILES string of the molecule is CC(C)(C)OC(=O)N=[S-](=O)Cc1cc(Nc2ncc(F)c(-c3ccc(F)c(NS(=O)(=O)c4ccccc4N([O-])O)c3)n2)cc(OCCCCO)c1. The zero-order valence-electron chi connectivity index (χ0n) is 27.5. The monoisotopic (exact) mass is 748 g/mol. The number of halogens is 2. The number of carbonyl (C=O) groups is 1. The summed E-state index contributed by atoms with van der Waals surface area (Å²) in [6.45, 7) is 5.14. The fraction of sp³-hybridized carbons (Fsp3) is 0.281. The lowest BCUT2D eigenvalue weighted by molar-refractivity contribution is 0.0607. The predicted octanol–water partition coefficient (Wildman–Crippen LogP) is 6.39. The molecule has 0 spiro atoms. The average molecular weight is 749 g/mol. The van der Waals surface area contributed by atoms with Gasteiger partial charge in [0.25, 0.3) is 10.0 Å². The van der Waals surface area contributed by atoms with E-state index < -0.39 is 65.4 Å². The molecule has 15 nitrogen and oxygen atoms in total. The van der Waals surface area contributed by atoms with Gasteiger partial charge in [-0.1, -0.05) is 23.4 Å². The van der Waals surface area contributed by atoms with Gasteiger partial charge in [-0.15, -0.1) is 0 Å². The summed E-state index contributed by atoms with van der Waals surface area (Å²) in [5.41, 5.74) is -1.74. The second kappa shape index (κ2) is 16.8. The highest BCUT2D eigenvalue weighted by Gasteiger charge is 2.22. The third-order valence-corrected chi connectivity index (χ3v) is 8.84. The molecule has 0 radical (unpaired) electrons. The highest BCUT2D eigenvalue weighted by Crippen LogP contribution is 2.31. The molecular weight excluding hydrogens is 715 g/mol. The second-order valence-electron chi connectivity index (χ2n) is 11.7. The number of unbranched alkanes of at least 4 members (excludes halogenated alkanes) is 1. The normalized spacial score (nSPS) is 12.3. The van der Waals surface area contributed by atoms with Gasteiger partial charge in [0, 0.05) is 23.9 Å².